The number of hydrogen-bond acceptors (Lipinski definition) is 4. The zero-order chi connectivity index (χ0) is 15.3. The van der Waals surface area contributed by atoms with Crippen molar-refractivity contribution in [3.63, 3.8) is 0 Å². The molecule has 0 aliphatic heterocycles. The monoisotopic (exact) mass is 290 g/mol. The molecule has 1 aromatic carbocycles. The second-order valence-electron chi connectivity index (χ2n) is 6.73. The number of hydrogen-bond donors (Lipinski definition) is 2. The molecule has 2 N–H and O–H groups in total. The van der Waals surface area contributed by atoms with Crippen LogP contribution in [0.4, 0.5) is 0 Å². The summed E-state index contributed by atoms with van der Waals surface area (Å²) in [7, 11) is 0. The largest absolute Gasteiger partial charge is 0.464 e. The van der Waals surface area contributed by atoms with Gasteiger partial charge in [0.15, 0.2) is 0 Å². The van der Waals surface area contributed by atoms with Gasteiger partial charge in [0.2, 0.25) is 0 Å². The van der Waals surface area contributed by atoms with Crippen LogP contribution in [0, 0.1) is 11.3 Å². The standard InChI is InChI=1S/C17H26N2O2/c1-13(2)10-18-11-17(3,4)12-19-21-15-5-6-16-14(9-15)7-8-20-16/h5-9,13,18-19H,10-12H2,1-4H3. The van der Waals surface area contributed by atoms with Gasteiger partial charge in [0.1, 0.15) is 11.3 Å². The molecule has 0 fully saturated rings. The van der Waals surface area contributed by atoms with E-state index in [0.717, 1.165) is 36.4 Å². The molecular weight excluding hydrogens is 264 g/mol. The fourth-order valence-corrected chi connectivity index (χ4v) is 2.08. The van der Waals surface area contributed by atoms with Gasteiger partial charge in [-0.05, 0) is 42.1 Å². The Labute approximate surface area is 126 Å². The van der Waals surface area contributed by atoms with Gasteiger partial charge in [-0.2, -0.15) is 5.48 Å². The zero-order valence-corrected chi connectivity index (χ0v) is 13.4. The SMILES string of the molecule is CC(C)CNCC(C)(C)CNOc1ccc2occc2c1. The van der Waals surface area contributed by atoms with Gasteiger partial charge in [0.25, 0.3) is 0 Å². The molecule has 2 aromatic rings. The van der Waals surface area contributed by atoms with Crippen LogP contribution in [0.1, 0.15) is 27.7 Å². The van der Waals surface area contributed by atoms with Crippen molar-refractivity contribution in [2.75, 3.05) is 19.6 Å². The lowest BCUT2D eigenvalue weighted by Crippen LogP contribution is -2.40. The molecule has 0 saturated carbocycles. The summed E-state index contributed by atoms with van der Waals surface area (Å²) < 4.78 is 5.31. The first-order chi connectivity index (χ1) is 9.96. The summed E-state index contributed by atoms with van der Waals surface area (Å²) >= 11 is 0. The van der Waals surface area contributed by atoms with Gasteiger partial charge in [-0.25, -0.2) is 0 Å². The average molecular weight is 290 g/mol. The Bertz CT molecular complexity index is 561. The van der Waals surface area contributed by atoms with Gasteiger partial charge in [-0.1, -0.05) is 27.7 Å². The number of benzene rings is 1. The highest BCUT2D eigenvalue weighted by atomic mass is 16.6. The maximum absolute atomic E-state index is 5.63. The molecule has 0 bridgehead atoms. The predicted octanol–water partition coefficient (Wildman–Crippen LogP) is 3.59. The zero-order valence-electron chi connectivity index (χ0n) is 13.4. The van der Waals surface area contributed by atoms with E-state index in [-0.39, 0.29) is 5.41 Å². The Kier molecular flexibility index (Phi) is 5.26. The highest BCUT2D eigenvalue weighted by molar-refractivity contribution is 5.78. The van der Waals surface area contributed by atoms with E-state index >= 15 is 0 Å². The molecule has 21 heavy (non-hydrogen) atoms. The molecule has 0 saturated heterocycles. The molecule has 0 unspecified atom stereocenters. The minimum absolute atomic E-state index is 0.134. The van der Waals surface area contributed by atoms with Gasteiger partial charge < -0.3 is 14.6 Å². The number of rotatable bonds is 8. The van der Waals surface area contributed by atoms with Crippen molar-refractivity contribution >= 4 is 11.0 Å². The summed E-state index contributed by atoms with van der Waals surface area (Å²) in [4.78, 5) is 5.63. The Morgan fingerprint density at radius 1 is 1.19 bits per heavy atom. The van der Waals surface area contributed by atoms with Crippen LogP contribution >= 0.6 is 0 Å². The molecule has 0 aliphatic rings. The molecule has 0 spiro atoms. The Morgan fingerprint density at radius 3 is 2.76 bits per heavy atom. The Balaban J connectivity index is 1.77. The number of nitrogens with one attached hydrogen (secondary N) is 2. The van der Waals surface area contributed by atoms with Gasteiger partial charge in [-0.3, -0.25) is 0 Å². The van der Waals surface area contributed by atoms with Crippen molar-refractivity contribution in [1.29, 1.82) is 0 Å². The quantitative estimate of drug-likeness (QED) is 0.729. The van der Waals surface area contributed by atoms with Gasteiger partial charge >= 0.3 is 0 Å². The van der Waals surface area contributed by atoms with Crippen molar-refractivity contribution in [3.8, 4) is 5.75 Å². The van der Waals surface area contributed by atoms with Crippen molar-refractivity contribution in [1.82, 2.24) is 10.8 Å². The van der Waals surface area contributed by atoms with E-state index in [1.807, 2.05) is 24.3 Å². The third kappa shape index (κ3) is 5.06. The summed E-state index contributed by atoms with van der Waals surface area (Å²) in [6, 6.07) is 7.72. The third-order valence-corrected chi connectivity index (χ3v) is 3.32. The lowest BCUT2D eigenvalue weighted by atomic mass is 9.93. The second-order valence-corrected chi connectivity index (χ2v) is 6.73. The maximum atomic E-state index is 5.63. The minimum atomic E-state index is 0.134. The van der Waals surface area contributed by atoms with Crippen LogP contribution in [-0.4, -0.2) is 19.6 Å². The van der Waals surface area contributed by atoms with Gasteiger partial charge in [0.05, 0.1) is 6.26 Å². The normalized spacial score (nSPS) is 12.2. The van der Waals surface area contributed by atoms with Crippen molar-refractivity contribution in [2.24, 2.45) is 11.3 Å². The summed E-state index contributed by atoms with van der Waals surface area (Å²) in [5, 5.41) is 4.53. The summed E-state index contributed by atoms with van der Waals surface area (Å²) in [5.74, 6) is 1.47. The Hall–Kier alpha value is -1.52. The summed E-state index contributed by atoms with van der Waals surface area (Å²) in [5.41, 5.74) is 4.08. The molecule has 0 aliphatic carbocycles. The highest BCUT2D eigenvalue weighted by Crippen LogP contribution is 2.21. The molecule has 0 atom stereocenters. The van der Waals surface area contributed by atoms with E-state index in [1.165, 1.54) is 0 Å². The third-order valence-electron chi connectivity index (χ3n) is 3.32. The van der Waals surface area contributed by atoms with Crippen LogP contribution in [0.3, 0.4) is 0 Å². The molecule has 4 heteroatoms. The van der Waals surface area contributed by atoms with E-state index in [0.29, 0.717) is 5.92 Å². The fourth-order valence-electron chi connectivity index (χ4n) is 2.08. The van der Waals surface area contributed by atoms with Crippen LogP contribution in [0.5, 0.6) is 5.75 Å². The van der Waals surface area contributed by atoms with Gasteiger partial charge in [0, 0.05) is 18.5 Å². The second kappa shape index (κ2) is 6.96. The highest BCUT2D eigenvalue weighted by Gasteiger charge is 2.17. The molecule has 4 nitrogen and oxygen atoms in total. The minimum Gasteiger partial charge on any atom is -0.464 e. The first kappa shape index (κ1) is 15.9. The molecule has 1 heterocycles. The lowest BCUT2D eigenvalue weighted by Gasteiger charge is -2.25. The first-order valence-corrected chi connectivity index (χ1v) is 7.54. The summed E-state index contributed by atoms with van der Waals surface area (Å²) in [6.07, 6.45) is 1.69. The lowest BCUT2D eigenvalue weighted by molar-refractivity contribution is 0.147. The topological polar surface area (TPSA) is 46.4 Å². The Morgan fingerprint density at radius 2 is 2.00 bits per heavy atom. The number of fused-ring (bicyclic) bond motifs is 1. The molecule has 0 radical (unpaired) electrons. The van der Waals surface area contributed by atoms with E-state index < -0.39 is 0 Å². The number of furan rings is 1. The van der Waals surface area contributed by atoms with E-state index in [4.69, 9.17) is 9.25 Å². The fraction of sp³-hybridized carbons (Fsp3) is 0.529. The van der Waals surface area contributed by atoms with Crippen LogP contribution < -0.4 is 15.6 Å². The van der Waals surface area contributed by atoms with Crippen molar-refractivity contribution in [2.45, 2.75) is 27.7 Å². The predicted molar refractivity (Wildman–Crippen MR) is 86.3 cm³/mol. The van der Waals surface area contributed by atoms with Crippen LogP contribution in [0.25, 0.3) is 11.0 Å². The molecule has 2 rings (SSSR count). The molecule has 116 valence electrons. The smallest absolute Gasteiger partial charge is 0.148 e. The molecular formula is C17H26N2O2. The molecule has 0 amide bonds. The van der Waals surface area contributed by atoms with Crippen molar-refractivity contribution < 1.29 is 9.25 Å². The van der Waals surface area contributed by atoms with E-state index in [2.05, 4.69) is 38.5 Å². The van der Waals surface area contributed by atoms with E-state index in [1.54, 1.807) is 6.26 Å². The van der Waals surface area contributed by atoms with Gasteiger partial charge in [-0.15, -0.1) is 0 Å². The van der Waals surface area contributed by atoms with E-state index in [9.17, 15) is 0 Å². The average Bonchev–Trinajstić information content (AvgIpc) is 2.85. The van der Waals surface area contributed by atoms with Crippen LogP contribution in [0.2, 0.25) is 0 Å². The van der Waals surface area contributed by atoms with Crippen LogP contribution in [0.15, 0.2) is 34.9 Å². The van der Waals surface area contributed by atoms with Crippen molar-refractivity contribution in [3.05, 3.63) is 30.5 Å². The van der Waals surface area contributed by atoms with Crippen LogP contribution in [-0.2, 0) is 0 Å². The maximum Gasteiger partial charge on any atom is 0.148 e. The number of hydroxylamine groups is 1. The first-order valence-electron chi connectivity index (χ1n) is 7.54. The molecule has 1 aromatic heterocycles. The summed E-state index contributed by atoms with van der Waals surface area (Å²) in [6.45, 7) is 11.7.